The van der Waals surface area contributed by atoms with E-state index in [-0.39, 0.29) is 5.97 Å². The molecule has 2 heteroatoms. The van der Waals surface area contributed by atoms with Gasteiger partial charge in [0.2, 0.25) is 0 Å². The van der Waals surface area contributed by atoms with Gasteiger partial charge in [0, 0.05) is 6.42 Å². The first kappa shape index (κ1) is 31.5. The van der Waals surface area contributed by atoms with Crippen molar-refractivity contribution in [1.29, 1.82) is 0 Å². The van der Waals surface area contributed by atoms with Crippen LogP contribution < -0.4 is 0 Å². The Labute approximate surface area is 203 Å². The number of rotatable bonds is 26. The van der Waals surface area contributed by atoms with Crippen molar-refractivity contribution in [3.05, 3.63) is 0 Å². The average Bonchev–Trinajstić information content (AvgIpc) is 2.77. The first-order valence-corrected chi connectivity index (χ1v) is 14.8. The molecule has 32 heavy (non-hydrogen) atoms. The predicted octanol–water partition coefficient (Wildman–Crippen LogP) is 10.6. The Balaban J connectivity index is 3.15. The second-order valence-corrected chi connectivity index (χ2v) is 10.6. The lowest BCUT2D eigenvalue weighted by Gasteiger charge is -2.06. The van der Waals surface area contributed by atoms with Crippen LogP contribution in [0.3, 0.4) is 0 Å². The van der Waals surface area contributed by atoms with Crippen molar-refractivity contribution in [3.8, 4) is 0 Å². The zero-order valence-corrected chi connectivity index (χ0v) is 22.6. The molecule has 0 aliphatic carbocycles. The summed E-state index contributed by atoms with van der Waals surface area (Å²) >= 11 is 0. The zero-order chi connectivity index (χ0) is 23.5. The molecule has 0 saturated carbocycles. The molecular weight excluding hydrogens is 392 g/mol. The molecule has 0 amide bonds. The third-order valence-electron chi connectivity index (χ3n) is 6.67. The third-order valence-corrected chi connectivity index (χ3v) is 6.67. The number of carbonyl (C=O) groups excluding carboxylic acids is 1. The van der Waals surface area contributed by atoms with Gasteiger partial charge in [-0.25, -0.2) is 0 Å². The first-order chi connectivity index (χ1) is 15.7. The van der Waals surface area contributed by atoms with Gasteiger partial charge in [-0.1, -0.05) is 156 Å². The number of hydrogen-bond donors (Lipinski definition) is 0. The van der Waals surface area contributed by atoms with Gasteiger partial charge in [0.15, 0.2) is 0 Å². The summed E-state index contributed by atoms with van der Waals surface area (Å²) in [5.74, 6) is 0.868. The van der Waals surface area contributed by atoms with Crippen LogP contribution in [-0.2, 0) is 9.53 Å². The van der Waals surface area contributed by atoms with Gasteiger partial charge in [-0.15, -0.1) is 0 Å². The van der Waals surface area contributed by atoms with Gasteiger partial charge in [-0.2, -0.15) is 0 Å². The summed E-state index contributed by atoms with van der Waals surface area (Å²) in [5.41, 5.74) is 0. The van der Waals surface area contributed by atoms with E-state index in [4.69, 9.17) is 4.74 Å². The predicted molar refractivity (Wildman–Crippen MR) is 142 cm³/mol. The second-order valence-electron chi connectivity index (χ2n) is 10.6. The van der Waals surface area contributed by atoms with Gasteiger partial charge >= 0.3 is 5.97 Å². The van der Waals surface area contributed by atoms with Crippen LogP contribution in [0.15, 0.2) is 0 Å². The fourth-order valence-corrected chi connectivity index (χ4v) is 4.44. The molecule has 0 aromatic heterocycles. The zero-order valence-electron chi connectivity index (χ0n) is 22.6. The van der Waals surface area contributed by atoms with Gasteiger partial charge in [-0.3, -0.25) is 4.79 Å². The summed E-state index contributed by atoms with van der Waals surface area (Å²) in [7, 11) is 0. The van der Waals surface area contributed by atoms with Crippen LogP contribution in [0.1, 0.15) is 175 Å². The molecule has 0 heterocycles. The van der Waals surface area contributed by atoms with Gasteiger partial charge in [-0.05, 0) is 18.8 Å². The topological polar surface area (TPSA) is 26.3 Å². The van der Waals surface area contributed by atoms with E-state index >= 15 is 0 Å². The van der Waals surface area contributed by atoms with Gasteiger partial charge in [0.25, 0.3) is 0 Å². The Morgan fingerprint density at radius 2 is 0.906 bits per heavy atom. The van der Waals surface area contributed by atoms with E-state index in [0.29, 0.717) is 13.0 Å². The molecule has 0 fully saturated rings. The number of ether oxygens (including phenoxy) is 1. The van der Waals surface area contributed by atoms with Crippen molar-refractivity contribution in [2.24, 2.45) is 5.92 Å². The maximum atomic E-state index is 11.8. The Bertz CT molecular complexity index is 364. The van der Waals surface area contributed by atoms with Gasteiger partial charge < -0.3 is 4.74 Å². The van der Waals surface area contributed by atoms with Crippen LogP contribution in [0.4, 0.5) is 0 Å². The van der Waals surface area contributed by atoms with Gasteiger partial charge in [0.1, 0.15) is 0 Å². The second kappa shape index (κ2) is 26.7. The minimum atomic E-state index is 0.0216. The molecule has 0 saturated heterocycles. The average molecular weight is 453 g/mol. The Hall–Kier alpha value is -0.530. The van der Waals surface area contributed by atoms with Crippen molar-refractivity contribution >= 4 is 5.97 Å². The lowest BCUT2D eigenvalue weighted by molar-refractivity contribution is -0.143. The Morgan fingerprint density at radius 3 is 1.34 bits per heavy atom. The van der Waals surface area contributed by atoms with E-state index in [2.05, 4.69) is 20.8 Å². The van der Waals surface area contributed by atoms with Crippen LogP contribution >= 0.6 is 0 Å². The van der Waals surface area contributed by atoms with Gasteiger partial charge in [0.05, 0.1) is 6.61 Å². The lowest BCUT2D eigenvalue weighted by Crippen LogP contribution is -2.05. The normalized spacial score (nSPS) is 11.4. The van der Waals surface area contributed by atoms with Crippen LogP contribution in [0.25, 0.3) is 0 Å². The molecule has 0 atom stereocenters. The molecule has 0 rings (SSSR count). The van der Waals surface area contributed by atoms with E-state index in [1.165, 1.54) is 135 Å². The number of unbranched alkanes of at least 4 members (excludes halogenated alkanes) is 20. The molecule has 0 spiro atoms. The molecule has 0 aliphatic heterocycles. The van der Waals surface area contributed by atoms with Crippen molar-refractivity contribution in [1.82, 2.24) is 0 Å². The molecule has 0 radical (unpaired) electrons. The standard InChI is InChI=1S/C30H60O2/c1-4-5-6-7-8-9-10-11-12-13-14-15-18-21-24-27-30(31)32-28-25-22-19-16-17-20-23-26-29(2)3/h29H,4-28H2,1-3H3. The number of carbonyl (C=O) groups is 1. The third kappa shape index (κ3) is 27.5. The summed E-state index contributed by atoms with van der Waals surface area (Å²) in [6.07, 6.45) is 31.4. The molecule has 0 aliphatic rings. The summed E-state index contributed by atoms with van der Waals surface area (Å²) in [6.45, 7) is 7.53. The van der Waals surface area contributed by atoms with Crippen molar-refractivity contribution < 1.29 is 9.53 Å². The highest BCUT2D eigenvalue weighted by molar-refractivity contribution is 5.69. The highest BCUT2D eigenvalue weighted by atomic mass is 16.5. The largest absolute Gasteiger partial charge is 0.466 e. The SMILES string of the molecule is CCCCCCCCCCCCCCCCCC(=O)OCCCCCCCCCC(C)C. The first-order valence-electron chi connectivity index (χ1n) is 14.8. The monoisotopic (exact) mass is 452 g/mol. The Morgan fingerprint density at radius 1 is 0.531 bits per heavy atom. The highest BCUT2D eigenvalue weighted by Gasteiger charge is 2.03. The van der Waals surface area contributed by atoms with Crippen molar-refractivity contribution in [2.45, 2.75) is 175 Å². The summed E-state index contributed by atoms with van der Waals surface area (Å²) < 4.78 is 5.39. The summed E-state index contributed by atoms with van der Waals surface area (Å²) in [4.78, 5) is 11.8. The lowest BCUT2D eigenvalue weighted by atomic mass is 10.0. The highest BCUT2D eigenvalue weighted by Crippen LogP contribution is 2.14. The molecule has 0 unspecified atom stereocenters. The fourth-order valence-electron chi connectivity index (χ4n) is 4.44. The van der Waals surface area contributed by atoms with Crippen LogP contribution in [0.2, 0.25) is 0 Å². The quantitative estimate of drug-likeness (QED) is 0.0963. The number of hydrogen-bond acceptors (Lipinski definition) is 2. The number of esters is 1. The molecular formula is C30H60O2. The minimum absolute atomic E-state index is 0.0216. The molecule has 0 aromatic carbocycles. The van der Waals surface area contributed by atoms with Crippen molar-refractivity contribution in [2.75, 3.05) is 6.61 Å². The Kier molecular flexibility index (Phi) is 26.3. The molecule has 192 valence electrons. The summed E-state index contributed by atoms with van der Waals surface area (Å²) in [6, 6.07) is 0. The maximum Gasteiger partial charge on any atom is 0.305 e. The van der Waals surface area contributed by atoms with E-state index in [0.717, 1.165) is 18.8 Å². The van der Waals surface area contributed by atoms with E-state index in [9.17, 15) is 4.79 Å². The molecule has 2 nitrogen and oxygen atoms in total. The maximum absolute atomic E-state index is 11.8. The smallest absolute Gasteiger partial charge is 0.305 e. The van der Waals surface area contributed by atoms with Crippen LogP contribution in [-0.4, -0.2) is 12.6 Å². The molecule has 0 aromatic rings. The van der Waals surface area contributed by atoms with Crippen LogP contribution in [0, 0.1) is 5.92 Å². The fraction of sp³-hybridized carbons (Fsp3) is 0.967. The van der Waals surface area contributed by atoms with E-state index in [1.807, 2.05) is 0 Å². The molecule has 0 bridgehead atoms. The van der Waals surface area contributed by atoms with Crippen molar-refractivity contribution in [3.63, 3.8) is 0 Å². The van der Waals surface area contributed by atoms with Crippen LogP contribution in [0.5, 0.6) is 0 Å². The van der Waals surface area contributed by atoms with E-state index < -0.39 is 0 Å². The minimum Gasteiger partial charge on any atom is -0.466 e. The molecule has 0 N–H and O–H groups in total. The van der Waals surface area contributed by atoms with E-state index in [1.54, 1.807) is 0 Å². The summed E-state index contributed by atoms with van der Waals surface area (Å²) in [5, 5.41) is 0.